The van der Waals surface area contributed by atoms with Crippen LogP contribution in [-0.2, 0) is 0 Å². The smallest absolute Gasteiger partial charge is 0.0178 e. The van der Waals surface area contributed by atoms with Gasteiger partial charge in [-0.1, -0.05) is 82.2 Å². The topological polar surface area (TPSA) is 0 Å². The van der Waals surface area contributed by atoms with Crippen LogP contribution in [-0.4, -0.2) is 0 Å². The van der Waals surface area contributed by atoms with Crippen LogP contribution in [0.4, 0.5) is 0 Å². The molecule has 0 saturated carbocycles. The minimum Gasteiger partial charge on any atom is -0.0839 e. The molecule has 18 heavy (non-hydrogen) atoms. The molecule has 1 rings (SSSR count). The van der Waals surface area contributed by atoms with Crippen molar-refractivity contribution in [2.45, 2.75) is 64.7 Å². The third-order valence-electron chi connectivity index (χ3n) is 3.27. The van der Waals surface area contributed by atoms with E-state index < -0.39 is 0 Å². The van der Waals surface area contributed by atoms with Crippen molar-refractivity contribution in [1.29, 1.82) is 0 Å². The van der Waals surface area contributed by atoms with E-state index in [1.54, 1.807) is 0 Å². The number of rotatable bonds is 10. The number of benzene rings is 1. The number of unbranched alkanes of at least 4 members (excludes halogenated alkanes) is 8. The van der Waals surface area contributed by atoms with Crippen LogP contribution in [0, 0.1) is 6.07 Å². The molecule has 0 aliphatic carbocycles. The summed E-state index contributed by atoms with van der Waals surface area (Å²) >= 11 is 0. The van der Waals surface area contributed by atoms with Crippen LogP contribution in [0.2, 0.25) is 0 Å². The van der Waals surface area contributed by atoms with E-state index >= 15 is 0 Å². The summed E-state index contributed by atoms with van der Waals surface area (Å²) < 4.78 is 0. The summed E-state index contributed by atoms with van der Waals surface area (Å²) in [5.74, 6) is 0. The van der Waals surface area contributed by atoms with Crippen molar-refractivity contribution >= 4 is 6.08 Å². The van der Waals surface area contributed by atoms with E-state index in [0.29, 0.717) is 0 Å². The van der Waals surface area contributed by atoms with Gasteiger partial charge in [-0.2, -0.15) is 0 Å². The lowest BCUT2D eigenvalue weighted by Crippen LogP contribution is -1.80. The summed E-state index contributed by atoms with van der Waals surface area (Å²) in [6, 6.07) is 11.2. The third kappa shape index (κ3) is 8.11. The lowest BCUT2D eigenvalue weighted by molar-refractivity contribution is 0.578. The molecule has 0 bridgehead atoms. The average molecular weight is 243 g/mol. The Balaban J connectivity index is 1.91. The van der Waals surface area contributed by atoms with Gasteiger partial charge in [0.2, 0.25) is 0 Å². The highest BCUT2D eigenvalue weighted by atomic mass is 14.0. The van der Waals surface area contributed by atoms with Crippen LogP contribution in [0.3, 0.4) is 0 Å². The van der Waals surface area contributed by atoms with Gasteiger partial charge in [0.15, 0.2) is 0 Å². The maximum absolute atomic E-state index is 3.10. The zero-order chi connectivity index (χ0) is 12.9. The zero-order valence-corrected chi connectivity index (χ0v) is 11.8. The minimum absolute atomic E-state index is 1.21. The van der Waals surface area contributed by atoms with Gasteiger partial charge >= 0.3 is 0 Å². The maximum Gasteiger partial charge on any atom is -0.0178 e. The Kier molecular flexibility index (Phi) is 9.24. The van der Waals surface area contributed by atoms with Crippen LogP contribution in [0.25, 0.3) is 6.08 Å². The summed E-state index contributed by atoms with van der Waals surface area (Å²) in [5, 5.41) is 0. The maximum atomic E-state index is 3.10. The Morgan fingerprint density at radius 3 is 2.39 bits per heavy atom. The molecule has 0 aromatic heterocycles. The first kappa shape index (κ1) is 15.0. The molecule has 0 heteroatoms. The molecule has 99 valence electrons. The molecule has 0 aliphatic rings. The molecule has 1 aromatic carbocycles. The Bertz CT molecular complexity index is 297. The molecule has 0 heterocycles. The van der Waals surface area contributed by atoms with Crippen molar-refractivity contribution in [3.05, 3.63) is 42.0 Å². The van der Waals surface area contributed by atoms with Gasteiger partial charge in [-0.05, 0) is 30.5 Å². The summed E-state index contributed by atoms with van der Waals surface area (Å²) in [6.45, 7) is 2.27. The van der Waals surface area contributed by atoms with E-state index in [1.807, 2.05) is 18.2 Å². The number of hydrogen-bond donors (Lipinski definition) is 0. The summed E-state index contributed by atoms with van der Waals surface area (Å²) in [4.78, 5) is 0. The van der Waals surface area contributed by atoms with E-state index in [0.717, 1.165) is 0 Å². The lowest BCUT2D eigenvalue weighted by atomic mass is 10.1. The fourth-order valence-electron chi connectivity index (χ4n) is 2.13. The van der Waals surface area contributed by atoms with Gasteiger partial charge < -0.3 is 0 Å². The molecule has 0 N–H and O–H groups in total. The van der Waals surface area contributed by atoms with Gasteiger partial charge in [0, 0.05) is 0 Å². The quantitative estimate of drug-likeness (QED) is 0.440. The average Bonchev–Trinajstić information content (AvgIpc) is 2.42. The first-order valence-corrected chi connectivity index (χ1v) is 7.56. The first-order valence-electron chi connectivity index (χ1n) is 7.56. The largest absolute Gasteiger partial charge is 0.0839 e. The minimum atomic E-state index is 1.21. The van der Waals surface area contributed by atoms with Gasteiger partial charge in [0.25, 0.3) is 0 Å². The molecule has 0 spiro atoms. The summed E-state index contributed by atoms with van der Waals surface area (Å²) in [6.07, 6.45) is 16.9. The molecule has 0 saturated heterocycles. The normalized spacial score (nSPS) is 11.2. The van der Waals surface area contributed by atoms with Crippen molar-refractivity contribution in [2.75, 3.05) is 0 Å². The van der Waals surface area contributed by atoms with Crippen molar-refractivity contribution in [3.8, 4) is 0 Å². The third-order valence-corrected chi connectivity index (χ3v) is 3.27. The predicted molar refractivity (Wildman–Crippen MR) is 81.5 cm³/mol. The van der Waals surface area contributed by atoms with Crippen molar-refractivity contribution in [1.82, 2.24) is 0 Å². The Morgan fingerprint density at radius 1 is 1.00 bits per heavy atom. The highest BCUT2D eigenvalue weighted by Gasteiger charge is 1.90. The van der Waals surface area contributed by atoms with E-state index in [4.69, 9.17) is 0 Å². The molecular formula is C18H27. The molecule has 0 unspecified atom stereocenters. The summed E-state index contributed by atoms with van der Waals surface area (Å²) in [7, 11) is 0. The fourth-order valence-corrected chi connectivity index (χ4v) is 2.13. The Labute approximate surface area is 113 Å². The highest BCUT2D eigenvalue weighted by molar-refractivity contribution is 5.48. The molecule has 1 radical (unpaired) electrons. The van der Waals surface area contributed by atoms with Gasteiger partial charge in [-0.3, -0.25) is 0 Å². The van der Waals surface area contributed by atoms with Gasteiger partial charge in [-0.15, -0.1) is 0 Å². The van der Waals surface area contributed by atoms with E-state index in [1.165, 1.54) is 63.4 Å². The molecule has 1 aromatic rings. The van der Waals surface area contributed by atoms with Crippen LogP contribution in [0.15, 0.2) is 30.3 Å². The van der Waals surface area contributed by atoms with E-state index in [9.17, 15) is 0 Å². The van der Waals surface area contributed by atoms with Crippen molar-refractivity contribution in [3.63, 3.8) is 0 Å². The van der Waals surface area contributed by atoms with Gasteiger partial charge in [0.05, 0.1) is 0 Å². The highest BCUT2D eigenvalue weighted by Crippen LogP contribution is 2.10. The number of hydrogen-bond acceptors (Lipinski definition) is 0. The molecular weight excluding hydrogens is 216 g/mol. The van der Waals surface area contributed by atoms with Crippen LogP contribution in [0.1, 0.15) is 70.3 Å². The molecule has 0 aliphatic heterocycles. The SMILES string of the molecule is CCCCCCCCCC/C=C/c1c[c]ccc1. The van der Waals surface area contributed by atoms with Crippen molar-refractivity contribution in [2.24, 2.45) is 0 Å². The standard InChI is InChI=1S/C18H27/c1-2-3-4-5-6-7-8-9-10-12-15-18-16-13-11-14-17-18/h11-13,15-17H,2-10H2,1H3/b15-12+. The Hall–Kier alpha value is -1.04. The second kappa shape index (κ2) is 11.1. The zero-order valence-electron chi connectivity index (χ0n) is 11.8. The number of allylic oxidation sites excluding steroid dienone is 1. The van der Waals surface area contributed by atoms with E-state index in [2.05, 4.69) is 31.2 Å². The van der Waals surface area contributed by atoms with Crippen LogP contribution in [0.5, 0.6) is 0 Å². The fraction of sp³-hybridized carbons (Fsp3) is 0.556. The van der Waals surface area contributed by atoms with Crippen LogP contribution >= 0.6 is 0 Å². The second-order valence-electron chi connectivity index (χ2n) is 5.00. The van der Waals surface area contributed by atoms with Crippen LogP contribution < -0.4 is 0 Å². The first-order chi connectivity index (χ1) is 8.93. The Morgan fingerprint density at radius 2 is 1.72 bits per heavy atom. The van der Waals surface area contributed by atoms with Crippen molar-refractivity contribution < 1.29 is 0 Å². The molecule has 0 atom stereocenters. The van der Waals surface area contributed by atoms with E-state index in [-0.39, 0.29) is 0 Å². The lowest BCUT2D eigenvalue weighted by Gasteiger charge is -1.99. The molecule has 0 amide bonds. The van der Waals surface area contributed by atoms with Gasteiger partial charge in [0.1, 0.15) is 0 Å². The van der Waals surface area contributed by atoms with Gasteiger partial charge in [-0.25, -0.2) is 0 Å². The predicted octanol–water partition coefficient (Wildman–Crippen LogP) is 6.03. The monoisotopic (exact) mass is 243 g/mol. The summed E-state index contributed by atoms with van der Waals surface area (Å²) in [5.41, 5.74) is 1.26. The molecule has 0 nitrogen and oxygen atoms in total. The molecule has 0 fully saturated rings. The second-order valence-corrected chi connectivity index (χ2v) is 5.00.